The number of nitriles is 1. The zero-order valence-electron chi connectivity index (χ0n) is 12.4. The molecular formula is C18H15ClN2O. The van der Waals surface area contributed by atoms with E-state index >= 15 is 0 Å². The lowest BCUT2D eigenvalue weighted by Crippen LogP contribution is -2.13. The van der Waals surface area contributed by atoms with Crippen molar-refractivity contribution < 1.29 is 4.79 Å². The number of benzene rings is 2. The zero-order valence-corrected chi connectivity index (χ0v) is 13.1. The van der Waals surface area contributed by atoms with Crippen LogP contribution in [0.3, 0.4) is 0 Å². The third-order valence-electron chi connectivity index (χ3n) is 3.33. The summed E-state index contributed by atoms with van der Waals surface area (Å²) >= 11 is 6.04. The van der Waals surface area contributed by atoms with Gasteiger partial charge in [0.25, 0.3) is 5.91 Å². The predicted octanol–water partition coefficient (Wildman–Crippen LogP) is 4.50. The van der Waals surface area contributed by atoms with E-state index in [1.165, 1.54) is 6.08 Å². The second-order valence-corrected chi connectivity index (χ2v) is 5.35. The molecule has 0 unspecified atom stereocenters. The summed E-state index contributed by atoms with van der Waals surface area (Å²) < 4.78 is 0. The first-order valence-electron chi connectivity index (χ1n) is 6.76. The molecule has 0 aromatic heterocycles. The maximum Gasteiger partial charge on any atom is 0.266 e. The van der Waals surface area contributed by atoms with Crippen LogP contribution >= 0.6 is 11.6 Å². The second-order valence-electron chi connectivity index (χ2n) is 4.94. The summed E-state index contributed by atoms with van der Waals surface area (Å²) in [6.45, 7) is 3.97. The van der Waals surface area contributed by atoms with E-state index in [0.717, 1.165) is 11.1 Å². The van der Waals surface area contributed by atoms with Gasteiger partial charge >= 0.3 is 0 Å². The fourth-order valence-corrected chi connectivity index (χ4v) is 2.10. The topological polar surface area (TPSA) is 52.9 Å². The van der Waals surface area contributed by atoms with Crippen LogP contribution < -0.4 is 5.32 Å². The standard InChI is InChI=1S/C18H15ClN2O/c1-12-7-8-16(9-13(12)2)21-18(22)15(11-20)10-14-5-3-4-6-17(14)19/h3-10H,1-2H3,(H,21,22)/b15-10-. The summed E-state index contributed by atoms with van der Waals surface area (Å²) in [6.07, 6.45) is 1.48. The number of carbonyl (C=O) groups excluding carboxylic acids is 1. The Kier molecular flexibility index (Phi) is 4.98. The van der Waals surface area contributed by atoms with Crippen molar-refractivity contribution in [1.29, 1.82) is 5.26 Å². The van der Waals surface area contributed by atoms with Crippen molar-refractivity contribution in [2.75, 3.05) is 5.32 Å². The van der Waals surface area contributed by atoms with Gasteiger partial charge in [0.2, 0.25) is 0 Å². The minimum Gasteiger partial charge on any atom is -0.321 e. The van der Waals surface area contributed by atoms with Crippen LogP contribution in [0.4, 0.5) is 5.69 Å². The highest BCUT2D eigenvalue weighted by molar-refractivity contribution is 6.32. The van der Waals surface area contributed by atoms with Crippen molar-refractivity contribution in [3.63, 3.8) is 0 Å². The third-order valence-corrected chi connectivity index (χ3v) is 3.68. The van der Waals surface area contributed by atoms with E-state index in [2.05, 4.69) is 5.32 Å². The van der Waals surface area contributed by atoms with Gasteiger partial charge in [0, 0.05) is 10.7 Å². The molecule has 0 saturated carbocycles. The molecule has 0 bridgehead atoms. The second kappa shape index (κ2) is 6.93. The number of hydrogen-bond donors (Lipinski definition) is 1. The number of nitrogens with zero attached hydrogens (tertiary/aromatic N) is 1. The smallest absolute Gasteiger partial charge is 0.266 e. The van der Waals surface area contributed by atoms with Crippen LogP contribution in [0, 0.1) is 25.2 Å². The Balaban J connectivity index is 2.24. The molecule has 0 atom stereocenters. The first-order valence-corrected chi connectivity index (χ1v) is 7.14. The molecule has 1 amide bonds. The molecule has 2 aromatic carbocycles. The fraction of sp³-hybridized carbons (Fsp3) is 0.111. The van der Waals surface area contributed by atoms with E-state index in [1.807, 2.05) is 38.1 Å². The molecule has 2 rings (SSSR count). The molecule has 3 nitrogen and oxygen atoms in total. The number of amides is 1. The molecule has 0 spiro atoms. The quantitative estimate of drug-likeness (QED) is 0.670. The van der Waals surface area contributed by atoms with Crippen LogP contribution in [0.1, 0.15) is 16.7 Å². The molecule has 1 N–H and O–H groups in total. The van der Waals surface area contributed by atoms with Crippen LogP contribution in [0.25, 0.3) is 6.08 Å². The van der Waals surface area contributed by atoms with Crippen LogP contribution in [0.2, 0.25) is 5.02 Å². The summed E-state index contributed by atoms with van der Waals surface area (Å²) in [5.74, 6) is -0.453. The zero-order chi connectivity index (χ0) is 16.1. The maximum absolute atomic E-state index is 12.2. The molecule has 0 saturated heterocycles. The lowest BCUT2D eigenvalue weighted by atomic mass is 10.1. The number of anilines is 1. The van der Waals surface area contributed by atoms with Gasteiger partial charge in [-0.2, -0.15) is 5.26 Å². The van der Waals surface area contributed by atoms with Crippen molar-refractivity contribution >= 4 is 29.3 Å². The SMILES string of the molecule is Cc1ccc(NC(=O)/C(C#N)=C\c2ccccc2Cl)cc1C. The average Bonchev–Trinajstić information content (AvgIpc) is 2.50. The molecule has 22 heavy (non-hydrogen) atoms. The highest BCUT2D eigenvalue weighted by atomic mass is 35.5. The monoisotopic (exact) mass is 310 g/mol. The average molecular weight is 311 g/mol. The van der Waals surface area contributed by atoms with Gasteiger partial charge in [-0.05, 0) is 54.8 Å². The Hall–Kier alpha value is -2.57. The maximum atomic E-state index is 12.2. The molecule has 0 heterocycles. The van der Waals surface area contributed by atoms with E-state index in [9.17, 15) is 10.1 Å². The molecule has 110 valence electrons. The first kappa shape index (κ1) is 15.8. The van der Waals surface area contributed by atoms with Gasteiger partial charge in [-0.3, -0.25) is 4.79 Å². The minimum absolute atomic E-state index is 0.00586. The van der Waals surface area contributed by atoms with Gasteiger partial charge in [-0.25, -0.2) is 0 Å². The van der Waals surface area contributed by atoms with Crippen LogP contribution in [-0.2, 0) is 4.79 Å². The van der Waals surface area contributed by atoms with Gasteiger partial charge in [-0.1, -0.05) is 35.9 Å². The number of nitrogens with one attached hydrogen (secondary N) is 1. The van der Waals surface area contributed by atoms with Crippen molar-refractivity contribution in [1.82, 2.24) is 0 Å². The van der Waals surface area contributed by atoms with Gasteiger partial charge in [0.1, 0.15) is 11.6 Å². The van der Waals surface area contributed by atoms with Crippen molar-refractivity contribution in [2.45, 2.75) is 13.8 Å². The Morgan fingerprint density at radius 1 is 1.18 bits per heavy atom. The molecule has 0 aliphatic rings. The van der Waals surface area contributed by atoms with Crippen molar-refractivity contribution in [2.24, 2.45) is 0 Å². The van der Waals surface area contributed by atoms with Crippen molar-refractivity contribution in [3.8, 4) is 6.07 Å². The summed E-state index contributed by atoms with van der Waals surface area (Å²) in [7, 11) is 0. The van der Waals surface area contributed by atoms with Crippen LogP contribution in [-0.4, -0.2) is 5.91 Å². The fourth-order valence-electron chi connectivity index (χ4n) is 1.91. The molecule has 2 aromatic rings. The number of halogens is 1. The lowest BCUT2D eigenvalue weighted by Gasteiger charge is -2.07. The molecule has 0 radical (unpaired) electrons. The van der Waals surface area contributed by atoms with E-state index in [0.29, 0.717) is 16.3 Å². The Labute approximate surface area is 134 Å². The number of carbonyl (C=O) groups is 1. The summed E-state index contributed by atoms with van der Waals surface area (Å²) in [5, 5.41) is 12.4. The molecule has 0 aliphatic carbocycles. The molecular weight excluding hydrogens is 296 g/mol. The number of rotatable bonds is 3. The van der Waals surface area contributed by atoms with Crippen LogP contribution in [0.15, 0.2) is 48.0 Å². The first-order chi connectivity index (χ1) is 10.5. The van der Waals surface area contributed by atoms with Gasteiger partial charge in [0.15, 0.2) is 0 Å². The molecule has 0 aliphatic heterocycles. The van der Waals surface area contributed by atoms with Gasteiger partial charge in [-0.15, -0.1) is 0 Å². The molecule has 0 fully saturated rings. The summed E-state index contributed by atoms with van der Waals surface area (Å²) in [4.78, 5) is 12.2. The van der Waals surface area contributed by atoms with Gasteiger partial charge in [0.05, 0.1) is 0 Å². The van der Waals surface area contributed by atoms with E-state index < -0.39 is 5.91 Å². The Morgan fingerprint density at radius 3 is 2.55 bits per heavy atom. The third kappa shape index (κ3) is 3.75. The van der Waals surface area contributed by atoms with Gasteiger partial charge < -0.3 is 5.32 Å². The highest BCUT2D eigenvalue weighted by Crippen LogP contribution is 2.19. The normalized spacial score (nSPS) is 10.9. The van der Waals surface area contributed by atoms with Crippen LogP contribution in [0.5, 0.6) is 0 Å². The lowest BCUT2D eigenvalue weighted by molar-refractivity contribution is -0.112. The Morgan fingerprint density at radius 2 is 1.91 bits per heavy atom. The number of aryl methyl sites for hydroxylation is 2. The van der Waals surface area contributed by atoms with E-state index in [-0.39, 0.29) is 5.57 Å². The summed E-state index contributed by atoms with van der Waals surface area (Å²) in [6, 6.07) is 14.6. The number of hydrogen-bond acceptors (Lipinski definition) is 2. The largest absolute Gasteiger partial charge is 0.321 e. The summed E-state index contributed by atoms with van der Waals surface area (Å²) in [5.41, 5.74) is 3.52. The van der Waals surface area contributed by atoms with Crippen molar-refractivity contribution in [3.05, 3.63) is 69.8 Å². The van der Waals surface area contributed by atoms with E-state index in [1.54, 1.807) is 24.3 Å². The van der Waals surface area contributed by atoms with E-state index in [4.69, 9.17) is 11.6 Å². The predicted molar refractivity (Wildman–Crippen MR) is 89.6 cm³/mol. The Bertz CT molecular complexity index is 788. The molecule has 4 heteroatoms. The highest BCUT2D eigenvalue weighted by Gasteiger charge is 2.10. The minimum atomic E-state index is -0.453.